The highest BCUT2D eigenvalue weighted by Crippen LogP contribution is 2.40. The maximum absolute atomic E-state index is 12.4. The summed E-state index contributed by atoms with van der Waals surface area (Å²) in [6, 6.07) is 2.06. The van der Waals surface area contributed by atoms with Gasteiger partial charge in [-0.2, -0.15) is 13.2 Å². The van der Waals surface area contributed by atoms with Crippen LogP contribution in [0.15, 0.2) is 12.1 Å². The van der Waals surface area contributed by atoms with Crippen LogP contribution in [0.3, 0.4) is 0 Å². The van der Waals surface area contributed by atoms with E-state index < -0.39 is 16.8 Å². The van der Waals surface area contributed by atoms with Crippen LogP contribution in [-0.2, 0) is 6.18 Å². The Morgan fingerprint density at radius 1 is 1.21 bits per heavy atom. The number of hydrogen-bond acceptors (Lipinski definition) is 2. The molecule has 0 saturated carbocycles. The van der Waals surface area contributed by atoms with E-state index in [4.69, 9.17) is 29.0 Å². The fourth-order valence-corrected chi connectivity index (χ4v) is 1.58. The molecule has 0 atom stereocenters. The zero-order valence-electron chi connectivity index (χ0n) is 6.62. The third kappa shape index (κ3) is 2.23. The minimum Gasteiger partial charge on any atom is -0.323 e. The van der Waals surface area contributed by atoms with Crippen molar-refractivity contribution in [2.75, 3.05) is 5.43 Å². The lowest BCUT2D eigenvalue weighted by Crippen LogP contribution is -2.15. The van der Waals surface area contributed by atoms with Crippen molar-refractivity contribution in [1.82, 2.24) is 0 Å². The van der Waals surface area contributed by atoms with E-state index >= 15 is 0 Å². The van der Waals surface area contributed by atoms with E-state index in [2.05, 4.69) is 0 Å². The Bertz CT molecular complexity index is 352. The summed E-state index contributed by atoms with van der Waals surface area (Å²) in [4.78, 5) is 0. The van der Waals surface area contributed by atoms with Gasteiger partial charge in [0.15, 0.2) is 0 Å². The van der Waals surface area contributed by atoms with Crippen LogP contribution in [0.1, 0.15) is 5.56 Å². The molecule has 0 spiro atoms. The van der Waals surface area contributed by atoms with Crippen molar-refractivity contribution in [1.29, 1.82) is 0 Å². The van der Waals surface area contributed by atoms with Gasteiger partial charge in [0.1, 0.15) is 0 Å². The van der Waals surface area contributed by atoms with Gasteiger partial charge in [0, 0.05) is 5.02 Å². The molecule has 0 aliphatic rings. The normalized spacial score (nSPS) is 11.6. The molecule has 0 aliphatic heterocycles. The largest absolute Gasteiger partial charge is 0.419 e. The van der Waals surface area contributed by atoms with Crippen molar-refractivity contribution >= 4 is 28.9 Å². The Hall–Kier alpha value is -0.650. The Morgan fingerprint density at radius 2 is 1.79 bits per heavy atom. The van der Waals surface area contributed by atoms with Gasteiger partial charge in [0.2, 0.25) is 0 Å². The lowest BCUT2D eigenvalue weighted by Gasteiger charge is -2.14. The Balaban J connectivity index is 3.40. The number of nitrogens with one attached hydrogen (secondary N) is 1. The second kappa shape index (κ2) is 3.84. The van der Waals surface area contributed by atoms with Gasteiger partial charge in [-0.1, -0.05) is 23.2 Å². The van der Waals surface area contributed by atoms with Crippen LogP contribution < -0.4 is 11.3 Å². The highest BCUT2D eigenvalue weighted by atomic mass is 35.5. The number of nitrogens with two attached hydrogens (primary N) is 1. The molecule has 2 nitrogen and oxygen atoms in total. The van der Waals surface area contributed by atoms with Crippen LogP contribution in [0.25, 0.3) is 0 Å². The Kier molecular flexibility index (Phi) is 3.14. The maximum atomic E-state index is 12.4. The molecular formula is C7H5Cl2F3N2. The van der Waals surface area contributed by atoms with Crippen molar-refractivity contribution in [3.63, 3.8) is 0 Å². The summed E-state index contributed by atoms with van der Waals surface area (Å²) in [5.74, 6) is 4.92. The first-order valence-electron chi connectivity index (χ1n) is 3.39. The average molecular weight is 245 g/mol. The average Bonchev–Trinajstić information content (AvgIpc) is 1.99. The summed E-state index contributed by atoms with van der Waals surface area (Å²) < 4.78 is 37.2. The minimum atomic E-state index is -4.57. The molecule has 0 radical (unpaired) electrons. The highest BCUT2D eigenvalue weighted by molar-refractivity contribution is 6.35. The monoisotopic (exact) mass is 244 g/mol. The van der Waals surface area contributed by atoms with Gasteiger partial charge in [-0.05, 0) is 12.1 Å². The van der Waals surface area contributed by atoms with Crippen molar-refractivity contribution in [3.05, 3.63) is 27.7 Å². The third-order valence-electron chi connectivity index (χ3n) is 1.49. The topological polar surface area (TPSA) is 38.0 Å². The van der Waals surface area contributed by atoms with E-state index in [1.54, 1.807) is 0 Å². The molecule has 78 valence electrons. The second-order valence-electron chi connectivity index (χ2n) is 2.45. The number of anilines is 1. The molecule has 0 fully saturated rings. The first-order valence-corrected chi connectivity index (χ1v) is 4.14. The molecule has 0 heterocycles. The van der Waals surface area contributed by atoms with Crippen molar-refractivity contribution in [2.45, 2.75) is 6.18 Å². The number of alkyl halides is 3. The van der Waals surface area contributed by atoms with Crippen molar-refractivity contribution in [3.8, 4) is 0 Å². The molecule has 1 aromatic rings. The highest BCUT2D eigenvalue weighted by Gasteiger charge is 2.36. The molecule has 14 heavy (non-hydrogen) atoms. The van der Waals surface area contributed by atoms with E-state index in [0.29, 0.717) is 0 Å². The quantitative estimate of drug-likeness (QED) is 0.588. The SMILES string of the molecule is NNc1cc(Cl)cc(Cl)c1C(F)(F)F. The summed E-state index contributed by atoms with van der Waals surface area (Å²) in [5.41, 5.74) is 0.521. The van der Waals surface area contributed by atoms with E-state index in [-0.39, 0.29) is 10.7 Å². The molecule has 1 aromatic carbocycles. The summed E-state index contributed by atoms with van der Waals surface area (Å²) in [6.45, 7) is 0. The molecule has 0 bridgehead atoms. The number of hydrogen-bond donors (Lipinski definition) is 2. The molecule has 0 saturated heterocycles. The number of nitrogen functional groups attached to an aromatic ring is 1. The Labute approximate surface area is 87.8 Å². The predicted molar refractivity (Wildman–Crippen MR) is 49.3 cm³/mol. The fourth-order valence-electron chi connectivity index (χ4n) is 0.976. The van der Waals surface area contributed by atoms with Crippen LogP contribution in [-0.4, -0.2) is 0 Å². The predicted octanol–water partition coefficient (Wildman–Crippen LogP) is 3.30. The van der Waals surface area contributed by atoms with E-state index in [0.717, 1.165) is 12.1 Å². The number of rotatable bonds is 1. The molecule has 0 amide bonds. The zero-order valence-corrected chi connectivity index (χ0v) is 8.13. The van der Waals surface area contributed by atoms with E-state index in [9.17, 15) is 13.2 Å². The molecule has 0 unspecified atom stereocenters. The van der Waals surface area contributed by atoms with Crippen LogP contribution in [0, 0.1) is 0 Å². The van der Waals surface area contributed by atoms with Gasteiger partial charge in [-0.15, -0.1) is 0 Å². The first-order chi connectivity index (χ1) is 6.36. The fraction of sp³-hybridized carbons (Fsp3) is 0.143. The summed E-state index contributed by atoms with van der Waals surface area (Å²) >= 11 is 10.9. The van der Waals surface area contributed by atoms with Gasteiger partial charge >= 0.3 is 6.18 Å². The van der Waals surface area contributed by atoms with E-state index in [1.807, 2.05) is 5.43 Å². The molecule has 0 aliphatic carbocycles. The van der Waals surface area contributed by atoms with Crippen molar-refractivity contribution in [2.24, 2.45) is 5.84 Å². The maximum Gasteiger partial charge on any atom is 0.419 e. The van der Waals surface area contributed by atoms with Crippen LogP contribution >= 0.6 is 23.2 Å². The summed E-state index contributed by atoms with van der Waals surface area (Å²) in [5, 5.41) is -0.408. The van der Waals surface area contributed by atoms with E-state index in [1.165, 1.54) is 0 Å². The van der Waals surface area contributed by atoms with Gasteiger partial charge in [0.25, 0.3) is 0 Å². The second-order valence-corrected chi connectivity index (χ2v) is 3.30. The summed E-state index contributed by atoms with van der Waals surface area (Å²) in [7, 11) is 0. The number of benzene rings is 1. The lowest BCUT2D eigenvalue weighted by atomic mass is 10.1. The third-order valence-corrected chi connectivity index (χ3v) is 2.01. The van der Waals surface area contributed by atoms with Crippen molar-refractivity contribution < 1.29 is 13.2 Å². The molecule has 1 rings (SSSR count). The van der Waals surface area contributed by atoms with Gasteiger partial charge < -0.3 is 5.43 Å². The van der Waals surface area contributed by atoms with Gasteiger partial charge in [0.05, 0.1) is 16.3 Å². The molecule has 3 N–H and O–H groups in total. The first kappa shape index (κ1) is 11.4. The molecule has 7 heteroatoms. The number of halogens is 5. The zero-order chi connectivity index (χ0) is 10.9. The number of hydrazine groups is 1. The summed E-state index contributed by atoms with van der Waals surface area (Å²) in [6.07, 6.45) is -4.57. The molecule has 0 aromatic heterocycles. The van der Waals surface area contributed by atoms with Crippen LogP contribution in [0.4, 0.5) is 18.9 Å². The standard InChI is InChI=1S/C7H5Cl2F3N2/c8-3-1-4(9)6(7(10,11)12)5(2-3)14-13/h1-2,14H,13H2. The van der Waals surface area contributed by atoms with Crippen LogP contribution in [0.5, 0.6) is 0 Å². The Morgan fingerprint density at radius 3 is 2.21 bits per heavy atom. The van der Waals surface area contributed by atoms with Crippen LogP contribution in [0.2, 0.25) is 10.0 Å². The van der Waals surface area contributed by atoms with Gasteiger partial charge in [-0.25, -0.2) is 0 Å². The molecular weight excluding hydrogens is 240 g/mol. The minimum absolute atomic E-state index is 0.0796. The smallest absolute Gasteiger partial charge is 0.323 e. The lowest BCUT2D eigenvalue weighted by molar-refractivity contribution is -0.136. The van der Waals surface area contributed by atoms with Gasteiger partial charge in [-0.3, -0.25) is 5.84 Å².